The predicted octanol–water partition coefficient (Wildman–Crippen LogP) is 2.61. The molecule has 0 saturated heterocycles. The second kappa shape index (κ2) is 3.26. The van der Waals surface area contributed by atoms with Crippen LogP contribution in [0.2, 0.25) is 0 Å². The molecule has 2 aromatic heterocycles. The molecule has 15 heavy (non-hydrogen) atoms. The molecule has 0 aliphatic heterocycles. The van der Waals surface area contributed by atoms with Crippen molar-refractivity contribution in [3.8, 4) is 5.75 Å². The van der Waals surface area contributed by atoms with Gasteiger partial charge in [0.1, 0.15) is 11.6 Å². The molecule has 0 N–H and O–H groups in total. The molecule has 1 fully saturated rings. The van der Waals surface area contributed by atoms with Crippen LogP contribution in [-0.2, 0) is 0 Å². The van der Waals surface area contributed by atoms with E-state index < -0.39 is 0 Å². The van der Waals surface area contributed by atoms with Crippen molar-refractivity contribution in [2.24, 2.45) is 0 Å². The van der Waals surface area contributed by atoms with Gasteiger partial charge in [-0.25, -0.2) is 4.98 Å². The molecule has 0 atom stereocenters. The maximum Gasteiger partial charge on any atom is 0.122 e. The molecule has 1 aliphatic rings. The third-order valence-electron chi connectivity index (χ3n) is 3.24. The summed E-state index contributed by atoms with van der Waals surface area (Å²) in [4.78, 5) is 4.50. The van der Waals surface area contributed by atoms with E-state index in [2.05, 4.69) is 15.6 Å². The van der Waals surface area contributed by atoms with Gasteiger partial charge < -0.3 is 9.14 Å². The summed E-state index contributed by atoms with van der Waals surface area (Å²) in [6, 6.07) is 4.01. The molecule has 2 aromatic rings. The molecular weight excluding hydrogens is 188 g/mol. The molecule has 78 valence electrons. The van der Waals surface area contributed by atoms with Gasteiger partial charge in [0.25, 0.3) is 0 Å². The Bertz CT molecular complexity index is 485. The summed E-state index contributed by atoms with van der Waals surface area (Å²) in [6.07, 6.45) is 7.89. The van der Waals surface area contributed by atoms with E-state index in [0.717, 1.165) is 11.3 Å². The fraction of sp³-hybridized carbons (Fsp3) is 0.417. The SMILES string of the molecule is COc1ccn2c(C3CCC3)ncc2c1. The summed E-state index contributed by atoms with van der Waals surface area (Å²) >= 11 is 0. The van der Waals surface area contributed by atoms with Crippen molar-refractivity contribution in [2.45, 2.75) is 25.2 Å². The van der Waals surface area contributed by atoms with Crippen molar-refractivity contribution in [1.29, 1.82) is 0 Å². The molecule has 0 spiro atoms. The van der Waals surface area contributed by atoms with Crippen LogP contribution < -0.4 is 4.74 Å². The predicted molar refractivity (Wildman–Crippen MR) is 58.3 cm³/mol. The Labute approximate surface area is 88.7 Å². The van der Waals surface area contributed by atoms with Crippen LogP contribution in [0.25, 0.3) is 5.52 Å². The van der Waals surface area contributed by atoms with Crippen molar-refractivity contribution in [1.82, 2.24) is 9.38 Å². The van der Waals surface area contributed by atoms with E-state index in [4.69, 9.17) is 4.74 Å². The summed E-state index contributed by atoms with van der Waals surface area (Å²) in [7, 11) is 1.69. The van der Waals surface area contributed by atoms with Gasteiger partial charge in [-0.2, -0.15) is 0 Å². The highest BCUT2D eigenvalue weighted by molar-refractivity contribution is 5.51. The summed E-state index contributed by atoms with van der Waals surface area (Å²) in [5.74, 6) is 2.77. The monoisotopic (exact) mass is 202 g/mol. The Hall–Kier alpha value is -1.51. The van der Waals surface area contributed by atoms with Crippen LogP contribution in [0.4, 0.5) is 0 Å². The largest absolute Gasteiger partial charge is 0.497 e. The molecule has 0 aromatic carbocycles. The Morgan fingerprint density at radius 1 is 1.47 bits per heavy atom. The van der Waals surface area contributed by atoms with Gasteiger partial charge in [-0.15, -0.1) is 0 Å². The molecule has 1 saturated carbocycles. The average molecular weight is 202 g/mol. The van der Waals surface area contributed by atoms with E-state index in [0.29, 0.717) is 5.92 Å². The standard InChI is InChI=1S/C12H14N2O/c1-15-11-5-6-14-10(7-11)8-13-12(14)9-3-2-4-9/h5-9H,2-4H2,1H3. The lowest BCUT2D eigenvalue weighted by Gasteiger charge is -2.23. The molecule has 0 bridgehead atoms. The van der Waals surface area contributed by atoms with Gasteiger partial charge in [0.15, 0.2) is 0 Å². The van der Waals surface area contributed by atoms with Crippen molar-refractivity contribution in [2.75, 3.05) is 7.11 Å². The molecule has 2 heterocycles. The van der Waals surface area contributed by atoms with Gasteiger partial charge in [0.2, 0.25) is 0 Å². The van der Waals surface area contributed by atoms with E-state index in [1.165, 1.54) is 25.1 Å². The fourth-order valence-electron chi connectivity index (χ4n) is 2.10. The van der Waals surface area contributed by atoms with Gasteiger partial charge >= 0.3 is 0 Å². The zero-order valence-electron chi connectivity index (χ0n) is 8.81. The van der Waals surface area contributed by atoms with E-state index in [9.17, 15) is 0 Å². The number of pyridine rings is 1. The minimum atomic E-state index is 0.667. The number of fused-ring (bicyclic) bond motifs is 1. The lowest BCUT2D eigenvalue weighted by molar-refractivity contribution is 0.399. The molecular formula is C12H14N2O. The van der Waals surface area contributed by atoms with Gasteiger partial charge in [0.05, 0.1) is 18.8 Å². The first-order valence-corrected chi connectivity index (χ1v) is 5.39. The summed E-state index contributed by atoms with van der Waals surface area (Å²) in [5.41, 5.74) is 1.12. The number of hydrogen-bond donors (Lipinski definition) is 0. The second-order valence-corrected chi connectivity index (χ2v) is 4.11. The molecule has 0 amide bonds. The maximum absolute atomic E-state index is 5.19. The number of hydrogen-bond acceptors (Lipinski definition) is 2. The molecule has 3 nitrogen and oxygen atoms in total. The minimum Gasteiger partial charge on any atom is -0.497 e. The number of methoxy groups -OCH3 is 1. The van der Waals surface area contributed by atoms with Crippen LogP contribution in [-0.4, -0.2) is 16.5 Å². The zero-order valence-corrected chi connectivity index (χ0v) is 8.81. The van der Waals surface area contributed by atoms with Gasteiger partial charge in [-0.3, -0.25) is 0 Å². The molecule has 3 rings (SSSR count). The van der Waals surface area contributed by atoms with E-state index >= 15 is 0 Å². The quantitative estimate of drug-likeness (QED) is 0.748. The molecule has 0 unspecified atom stereocenters. The topological polar surface area (TPSA) is 26.5 Å². The van der Waals surface area contributed by atoms with Crippen LogP contribution >= 0.6 is 0 Å². The lowest BCUT2D eigenvalue weighted by atomic mass is 9.85. The maximum atomic E-state index is 5.19. The average Bonchev–Trinajstić information content (AvgIpc) is 2.59. The van der Waals surface area contributed by atoms with Gasteiger partial charge in [0, 0.05) is 18.2 Å². The first kappa shape index (κ1) is 8.77. The third kappa shape index (κ3) is 1.30. The van der Waals surface area contributed by atoms with Crippen LogP contribution in [0.3, 0.4) is 0 Å². The molecule has 1 aliphatic carbocycles. The van der Waals surface area contributed by atoms with Crippen LogP contribution in [0.5, 0.6) is 5.75 Å². The lowest BCUT2D eigenvalue weighted by Crippen LogP contribution is -2.12. The first-order valence-electron chi connectivity index (χ1n) is 5.39. The third-order valence-corrected chi connectivity index (χ3v) is 3.24. The van der Waals surface area contributed by atoms with E-state index in [-0.39, 0.29) is 0 Å². The normalized spacial score (nSPS) is 16.6. The van der Waals surface area contributed by atoms with Crippen LogP contribution in [0.15, 0.2) is 24.5 Å². The Morgan fingerprint density at radius 3 is 3.00 bits per heavy atom. The van der Waals surface area contributed by atoms with Crippen molar-refractivity contribution in [3.05, 3.63) is 30.4 Å². The number of aromatic nitrogens is 2. The smallest absolute Gasteiger partial charge is 0.122 e. The van der Waals surface area contributed by atoms with Crippen LogP contribution in [0.1, 0.15) is 31.0 Å². The number of nitrogens with zero attached hydrogens (tertiary/aromatic N) is 2. The van der Waals surface area contributed by atoms with Crippen molar-refractivity contribution < 1.29 is 4.74 Å². The number of rotatable bonds is 2. The second-order valence-electron chi connectivity index (χ2n) is 4.11. The van der Waals surface area contributed by atoms with E-state index in [1.54, 1.807) is 7.11 Å². The van der Waals surface area contributed by atoms with Gasteiger partial charge in [-0.1, -0.05) is 6.42 Å². The summed E-state index contributed by atoms with van der Waals surface area (Å²) < 4.78 is 7.36. The highest BCUT2D eigenvalue weighted by Gasteiger charge is 2.23. The Kier molecular flexibility index (Phi) is 1.91. The summed E-state index contributed by atoms with van der Waals surface area (Å²) in [6.45, 7) is 0. The number of imidazole rings is 1. The zero-order chi connectivity index (χ0) is 10.3. The number of ether oxygens (including phenoxy) is 1. The molecule has 0 radical (unpaired) electrons. The first-order chi connectivity index (χ1) is 7.38. The fourth-order valence-corrected chi connectivity index (χ4v) is 2.10. The Morgan fingerprint density at radius 2 is 2.33 bits per heavy atom. The summed E-state index contributed by atoms with van der Waals surface area (Å²) in [5, 5.41) is 0. The minimum absolute atomic E-state index is 0.667. The molecule has 3 heteroatoms. The highest BCUT2D eigenvalue weighted by atomic mass is 16.5. The van der Waals surface area contributed by atoms with Crippen molar-refractivity contribution >= 4 is 5.52 Å². The van der Waals surface area contributed by atoms with Gasteiger partial charge in [-0.05, 0) is 18.9 Å². The van der Waals surface area contributed by atoms with Crippen LogP contribution in [0, 0.1) is 0 Å². The Balaban J connectivity index is 2.09. The van der Waals surface area contributed by atoms with Crippen molar-refractivity contribution in [3.63, 3.8) is 0 Å². The highest BCUT2D eigenvalue weighted by Crippen LogP contribution is 2.35. The van der Waals surface area contributed by atoms with E-state index in [1.807, 2.05) is 18.3 Å².